The molecule has 23 aromatic rings. The highest BCUT2D eigenvalue weighted by molar-refractivity contribution is 6.04. The third-order valence-electron chi connectivity index (χ3n) is 31.4. The number of ether oxygens (including phenoxy) is 3. The van der Waals surface area contributed by atoms with Gasteiger partial charge < -0.3 is 19.5 Å². The summed E-state index contributed by atoms with van der Waals surface area (Å²) in [6, 6.07) is 173. The van der Waals surface area contributed by atoms with Crippen LogP contribution in [0.5, 0.6) is 34.5 Å². The largest absolute Gasteiger partial charge is 0.456 e. The van der Waals surface area contributed by atoms with Crippen LogP contribution in [-0.4, -0.2) is 36.4 Å². The zero-order chi connectivity index (χ0) is 97.3. The Morgan fingerprint density at radius 2 is 0.514 bits per heavy atom. The lowest BCUT2D eigenvalue weighted by Crippen LogP contribution is -2.32. The summed E-state index contributed by atoms with van der Waals surface area (Å²) in [5, 5.41) is 5.70. The summed E-state index contributed by atoms with van der Waals surface area (Å²) in [6.45, 7) is 0.701. The lowest BCUT2D eigenvalue weighted by molar-refractivity contribution is 0.437. The summed E-state index contributed by atoms with van der Waals surface area (Å²) < 4.78 is 22.0. The van der Waals surface area contributed by atoms with Crippen molar-refractivity contribution in [3.8, 4) is 203 Å². The Balaban J connectivity index is 0.502. The zero-order valence-electron chi connectivity index (χ0n) is 80.0. The van der Waals surface area contributed by atoms with E-state index in [0.29, 0.717) is 29.8 Å². The number of nitrogens with zero attached hydrogens (tertiary/aromatic N) is 6. The van der Waals surface area contributed by atoms with Crippen LogP contribution in [-0.2, 0) is 16.2 Å². The molecular weight excluding hydrogens is 1800 g/mol. The minimum absolute atomic E-state index is 0.548. The van der Waals surface area contributed by atoms with Crippen molar-refractivity contribution >= 4 is 16.5 Å². The van der Waals surface area contributed by atoms with E-state index in [1.165, 1.54) is 50.1 Å². The Bertz CT molecular complexity index is 9550. The van der Waals surface area contributed by atoms with Crippen molar-refractivity contribution in [3.05, 3.63) is 570 Å². The molecule has 0 saturated heterocycles. The molecule has 4 aliphatic heterocycles. The van der Waals surface area contributed by atoms with Crippen molar-refractivity contribution in [2.45, 2.75) is 16.2 Å². The molecule has 148 heavy (non-hydrogen) atoms. The van der Waals surface area contributed by atoms with Gasteiger partial charge in [0.2, 0.25) is 0 Å². The molecule has 1 N–H and O–H groups in total. The summed E-state index contributed by atoms with van der Waals surface area (Å²) >= 11 is 0. The van der Waals surface area contributed by atoms with E-state index in [2.05, 4.69) is 497 Å². The van der Waals surface area contributed by atoms with Gasteiger partial charge in [0, 0.05) is 67.7 Å². The van der Waals surface area contributed by atoms with Crippen LogP contribution in [0.1, 0.15) is 72.5 Å². The van der Waals surface area contributed by atoms with Crippen LogP contribution < -0.4 is 19.5 Å². The van der Waals surface area contributed by atoms with Gasteiger partial charge in [0.15, 0.2) is 17.5 Å². The van der Waals surface area contributed by atoms with Crippen molar-refractivity contribution < 1.29 is 14.2 Å². The molecule has 3 spiro atoms. The SMILES string of the molecule is C1=CCNC(c2cc(-c3ccccc3)nc(-c3cccc4c3Oc3ccccc3C43c4ccccc4-c4c(-c5ccc6c(-c7cc(-c8ccccc8)nc(-c8cccc9c8Oc8ccccc8C98c9ccccc9-c9cc(-c%10cccc(-c%11ccc(-c%12cc(-c%13ccc(-c%14ccccc%14)cc%13)nc(-c%13cccc%14c%13Oc%13ccccc%13C%14%13c%14ccccc%14-c%14ccccc%14%13)n%12)cc%11)c%10)ccc98)n7)cccc6c5)cccc43)n2)=C1. The van der Waals surface area contributed by atoms with Crippen LogP contribution in [0.25, 0.3) is 185 Å². The molecule has 0 amide bonds. The second-order valence-electron chi connectivity index (χ2n) is 39.1. The van der Waals surface area contributed by atoms with Gasteiger partial charge in [0.25, 0.3) is 0 Å². The van der Waals surface area contributed by atoms with E-state index in [9.17, 15) is 0 Å². The summed E-state index contributed by atoms with van der Waals surface area (Å²) in [6.07, 6.45) is 6.27. The second-order valence-corrected chi connectivity index (χ2v) is 39.1. The number of hydrogen-bond donors (Lipinski definition) is 1. The Hall–Kier alpha value is -19.4. The van der Waals surface area contributed by atoms with Crippen LogP contribution >= 0.6 is 0 Å². The van der Waals surface area contributed by atoms with Gasteiger partial charge in [-0.15, -0.1) is 0 Å². The fourth-order valence-electron chi connectivity index (χ4n) is 25.0. The highest BCUT2D eigenvalue weighted by atomic mass is 16.5. The lowest BCUT2D eigenvalue weighted by atomic mass is 9.65. The third-order valence-corrected chi connectivity index (χ3v) is 31.4. The van der Waals surface area contributed by atoms with Crippen LogP contribution in [0.15, 0.2) is 497 Å². The van der Waals surface area contributed by atoms with Crippen LogP contribution in [0, 0.1) is 0 Å². The molecule has 7 heterocycles. The summed E-state index contributed by atoms with van der Waals surface area (Å²) in [5.41, 5.74) is 40.1. The second kappa shape index (κ2) is 33.3. The fourth-order valence-corrected chi connectivity index (χ4v) is 25.0. The highest BCUT2D eigenvalue weighted by Crippen LogP contribution is 2.69. The first-order valence-electron chi connectivity index (χ1n) is 50.5. The molecule has 0 saturated carbocycles. The number of benzene rings is 20. The maximum Gasteiger partial charge on any atom is 0.164 e. The van der Waals surface area contributed by atoms with E-state index >= 15 is 0 Å². The Kier molecular flexibility index (Phi) is 19.0. The monoisotopic (exact) mass is 1890 g/mol. The molecule has 3 aromatic heterocycles. The smallest absolute Gasteiger partial charge is 0.164 e. The number of fused-ring (bicyclic) bond motifs is 28. The van der Waals surface area contributed by atoms with Gasteiger partial charge in [-0.05, 0) is 201 Å². The van der Waals surface area contributed by atoms with E-state index < -0.39 is 16.2 Å². The van der Waals surface area contributed by atoms with Crippen molar-refractivity contribution in [2.24, 2.45) is 0 Å². The first kappa shape index (κ1) is 84.3. The minimum atomic E-state index is -0.817. The van der Waals surface area contributed by atoms with Gasteiger partial charge in [-0.2, -0.15) is 0 Å². The molecule has 0 radical (unpaired) electrons. The standard InChI is InChI=1S/C138H85N7O3/c1-4-32-84(33-5-1)85-65-69-89(70-66-85)120-81-121(141-133(140-120)103-47-29-58-116-130(103)146-126-62-21-18-54-112(126)136(116)107-50-14-10-41-98(107)99-42-11-15-51-108(99)136)90-71-67-86(68-72-90)91-38-26-39-92(78-91)93-74-76-111-106(80-93)100-43-12-16-52-109(100)137(111)113-55-19-22-63-127(113)147-131-104(48-30-59-117(131)137)134-142-122(87-34-6-2-7-35-87)82-124(144-134)101-46-27-40-94-79-95(73-75-96(94)101)97-45-28-57-115-129(97)102-44-13-17-53-110(102)138(115)114-56-20-23-64-128(114)148-132-105(49-31-60-118(132)138)135-143-123(88-36-8-3-9-37-88)83-125(145-135)119-61-24-25-77-139-119/h1-76,78-83,139H,77H2. The molecule has 20 aromatic carbocycles. The summed E-state index contributed by atoms with van der Waals surface area (Å²) in [7, 11) is 0. The molecule has 10 heteroatoms. The van der Waals surface area contributed by atoms with E-state index in [0.717, 1.165) is 218 Å². The highest BCUT2D eigenvalue weighted by Gasteiger charge is 2.56. The normalized spacial score (nSPS) is 15.2. The molecule has 0 bridgehead atoms. The molecule has 690 valence electrons. The van der Waals surface area contributed by atoms with Crippen molar-refractivity contribution in [3.63, 3.8) is 0 Å². The van der Waals surface area contributed by atoms with Gasteiger partial charge in [-0.25, -0.2) is 29.9 Å². The number of nitrogens with one attached hydrogen (secondary N) is 1. The number of aromatic nitrogens is 6. The predicted molar refractivity (Wildman–Crippen MR) is 593 cm³/mol. The summed E-state index contributed by atoms with van der Waals surface area (Å²) in [4.78, 5) is 33.3. The molecular formula is C138H85N7O3. The molecule has 2 unspecified atom stereocenters. The van der Waals surface area contributed by atoms with Crippen molar-refractivity contribution in [1.82, 2.24) is 35.2 Å². The first-order chi connectivity index (χ1) is 73.3. The van der Waals surface area contributed by atoms with Crippen molar-refractivity contribution in [1.29, 1.82) is 0 Å². The fraction of sp³-hybridized carbons (Fsp3) is 0.0290. The van der Waals surface area contributed by atoms with Gasteiger partial charge in [0.05, 0.1) is 72.8 Å². The molecule has 7 aliphatic rings. The van der Waals surface area contributed by atoms with E-state index in [4.69, 9.17) is 44.1 Å². The number of allylic oxidation sites excluding steroid dienone is 2. The zero-order valence-corrected chi connectivity index (χ0v) is 80.0. The lowest BCUT2D eigenvalue weighted by Gasteiger charge is -2.40. The van der Waals surface area contributed by atoms with Crippen LogP contribution in [0.2, 0.25) is 0 Å². The number of dihydropyridines is 1. The number of hydrogen-bond acceptors (Lipinski definition) is 10. The molecule has 2 atom stereocenters. The Morgan fingerprint density at radius 1 is 0.196 bits per heavy atom. The molecule has 30 rings (SSSR count). The van der Waals surface area contributed by atoms with Gasteiger partial charge in [-0.3, -0.25) is 0 Å². The average molecular weight is 1890 g/mol. The molecule has 3 aliphatic carbocycles. The summed E-state index contributed by atoms with van der Waals surface area (Å²) in [5.74, 6) is 6.22. The number of para-hydroxylation sites is 6. The quantitative estimate of drug-likeness (QED) is 0.120. The third kappa shape index (κ3) is 12.8. The number of rotatable bonds is 13. The first-order valence-corrected chi connectivity index (χ1v) is 50.5. The van der Waals surface area contributed by atoms with Gasteiger partial charge >= 0.3 is 0 Å². The molecule has 10 nitrogen and oxygen atoms in total. The molecule has 0 fully saturated rings. The maximum atomic E-state index is 7.48. The van der Waals surface area contributed by atoms with Gasteiger partial charge in [-0.1, -0.05) is 419 Å². The van der Waals surface area contributed by atoms with E-state index in [1.807, 2.05) is 6.07 Å². The van der Waals surface area contributed by atoms with Crippen LogP contribution in [0.3, 0.4) is 0 Å². The Labute approximate surface area is 855 Å². The van der Waals surface area contributed by atoms with E-state index in [1.54, 1.807) is 0 Å². The predicted octanol–water partition coefficient (Wildman–Crippen LogP) is 33.1. The maximum absolute atomic E-state index is 7.48. The Morgan fingerprint density at radius 3 is 1.02 bits per heavy atom. The average Bonchev–Trinajstić information content (AvgIpc) is 1.49. The van der Waals surface area contributed by atoms with E-state index in [-0.39, 0.29) is 0 Å². The van der Waals surface area contributed by atoms with Crippen molar-refractivity contribution in [2.75, 3.05) is 6.54 Å². The van der Waals surface area contributed by atoms with Gasteiger partial charge in [0.1, 0.15) is 34.5 Å². The van der Waals surface area contributed by atoms with Crippen LogP contribution in [0.4, 0.5) is 0 Å². The topological polar surface area (TPSA) is 117 Å². The minimum Gasteiger partial charge on any atom is -0.456 e.